The summed E-state index contributed by atoms with van der Waals surface area (Å²) in [6, 6.07) is 11.2. The Labute approximate surface area is 179 Å². The summed E-state index contributed by atoms with van der Waals surface area (Å²) in [6.45, 7) is 6.53. The molecule has 1 atom stereocenters. The van der Waals surface area contributed by atoms with Crippen molar-refractivity contribution in [3.05, 3.63) is 48.2 Å². The van der Waals surface area contributed by atoms with Gasteiger partial charge in [-0.25, -0.2) is 9.98 Å². The third kappa shape index (κ3) is 8.29. The Kier molecular flexibility index (Phi) is 10.5. The van der Waals surface area contributed by atoms with E-state index in [-0.39, 0.29) is 6.61 Å². The molecule has 0 bridgehead atoms. The summed E-state index contributed by atoms with van der Waals surface area (Å²) < 4.78 is 10.9. The molecule has 0 fully saturated rings. The highest BCUT2D eigenvalue weighted by Crippen LogP contribution is 2.22. The van der Waals surface area contributed by atoms with Crippen LogP contribution in [0, 0.1) is 5.92 Å². The first-order valence-corrected chi connectivity index (χ1v) is 10.6. The van der Waals surface area contributed by atoms with E-state index < -0.39 is 0 Å². The molecule has 0 amide bonds. The van der Waals surface area contributed by atoms with E-state index in [2.05, 4.69) is 27.5 Å². The van der Waals surface area contributed by atoms with Crippen LogP contribution >= 0.6 is 0 Å². The lowest BCUT2D eigenvalue weighted by Crippen LogP contribution is -2.40. The number of benzene rings is 1. The highest BCUT2D eigenvalue weighted by molar-refractivity contribution is 5.79. The number of guanidine groups is 1. The van der Waals surface area contributed by atoms with Gasteiger partial charge in [-0.05, 0) is 55.5 Å². The van der Waals surface area contributed by atoms with Gasteiger partial charge in [-0.3, -0.25) is 0 Å². The first-order chi connectivity index (χ1) is 14.7. The Morgan fingerprint density at radius 2 is 1.83 bits per heavy atom. The van der Waals surface area contributed by atoms with Crippen molar-refractivity contribution in [2.24, 2.45) is 10.9 Å². The Morgan fingerprint density at radius 3 is 2.43 bits per heavy atom. The molecule has 0 radical (unpaired) electrons. The van der Waals surface area contributed by atoms with Gasteiger partial charge in [-0.1, -0.05) is 19.4 Å². The smallest absolute Gasteiger partial charge is 0.219 e. The van der Waals surface area contributed by atoms with Gasteiger partial charge in [-0.2, -0.15) is 0 Å². The molecular weight excluding hydrogens is 380 g/mol. The predicted molar refractivity (Wildman–Crippen MR) is 120 cm³/mol. The summed E-state index contributed by atoms with van der Waals surface area (Å²) in [4.78, 5) is 9.02. The van der Waals surface area contributed by atoms with Crippen LogP contribution in [0.25, 0.3) is 0 Å². The summed E-state index contributed by atoms with van der Waals surface area (Å²) in [7, 11) is 1.63. The molecule has 1 aromatic heterocycles. The number of pyridine rings is 1. The van der Waals surface area contributed by atoms with Crippen LogP contribution in [0.1, 0.15) is 38.7 Å². The maximum Gasteiger partial charge on any atom is 0.219 e. The van der Waals surface area contributed by atoms with Crippen LogP contribution in [0.5, 0.6) is 17.4 Å². The molecule has 0 spiro atoms. The van der Waals surface area contributed by atoms with Gasteiger partial charge in [0.25, 0.3) is 0 Å². The van der Waals surface area contributed by atoms with Gasteiger partial charge in [0.1, 0.15) is 11.5 Å². The van der Waals surface area contributed by atoms with Gasteiger partial charge < -0.3 is 25.2 Å². The van der Waals surface area contributed by atoms with Gasteiger partial charge in [0, 0.05) is 32.0 Å². The number of aromatic nitrogens is 1. The number of aliphatic hydroxyl groups is 1. The molecule has 30 heavy (non-hydrogen) atoms. The van der Waals surface area contributed by atoms with Crippen molar-refractivity contribution in [2.75, 3.05) is 26.8 Å². The van der Waals surface area contributed by atoms with E-state index in [0.717, 1.165) is 49.6 Å². The number of aliphatic imine (C=N–C) groups is 1. The van der Waals surface area contributed by atoms with Crippen LogP contribution in [0.4, 0.5) is 0 Å². The van der Waals surface area contributed by atoms with E-state index in [1.165, 1.54) is 0 Å². The molecule has 7 heteroatoms. The van der Waals surface area contributed by atoms with Crippen LogP contribution in [0.2, 0.25) is 0 Å². The molecule has 0 saturated heterocycles. The van der Waals surface area contributed by atoms with Crippen molar-refractivity contribution in [3.8, 4) is 17.4 Å². The number of rotatable bonds is 12. The number of hydrogen-bond acceptors (Lipinski definition) is 5. The minimum Gasteiger partial charge on any atom is -0.497 e. The zero-order valence-electron chi connectivity index (χ0n) is 18.2. The van der Waals surface area contributed by atoms with Crippen LogP contribution in [-0.4, -0.2) is 42.9 Å². The fourth-order valence-corrected chi connectivity index (χ4v) is 3.02. The molecule has 2 rings (SSSR count). The minimum atomic E-state index is 0.219. The van der Waals surface area contributed by atoms with Crippen LogP contribution < -0.4 is 20.1 Å². The Hall–Kier alpha value is -2.80. The van der Waals surface area contributed by atoms with E-state index in [1.807, 2.05) is 43.3 Å². The van der Waals surface area contributed by atoms with E-state index in [9.17, 15) is 5.11 Å². The zero-order chi connectivity index (χ0) is 21.6. The fraction of sp³-hybridized carbons (Fsp3) is 0.478. The van der Waals surface area contributed by atoms with Crippen LogP contribution in [0.15, 0.2) is 47.6 Å². The quantitative estimate of drug-likeness (QED) is 0.362. The summed E-state index contributed by atoms with van der Waals surface area (Å²) in [5.74, 6) is 3.24. The van der Waals surface area contributed by atoms with Crippen molar-refractivity contribution in [3.63, 3.8) is 0 Å². The topological polar surface area (TPSA) is 88.0 Å². The molecule has 1 heterocycles. The molecule has 3 N–H and O–H groups in total. The third-order valence-electron chi connectivity index (χ3n) is 4.64. The molecule has 1 unspecified atom stereocenters. The molecule has 0 aliphatic rings. The monoisotopic (exact) mass is 414 g/mol. The molecule has 1 aromatic carbocycles. The average Bonchev–Trinajstić information content (AvgIpc) is 2.77. The van der Waals surface area contributed by atoms with Crippen LogP contribution in [0.3, 0.4) is 0 Å². The van der Waals surface area contributed by atoms with Crippen molar-refractivity contribution in [1.29, 1.82) is 0 Å². The SMILES string of the molecule is CCCC(CCO)CNC(=NCc1ccc(Oc2ccc(OC)cc2)nc1)NCC. The number of nitrogens with one attached hydrogen (secondary N) is 2. The highest BCUT2D eigenvalue weighted by atomic mass is 16.5. The molecule has 164 valence electrons. The molecule has 0 aliphatic carbocycles. The Balaban J connectivity index is 1.91. The minimum absolute atomic E-state index is 0.219. The van der Waals surface area contributed by atoms with E-state index in [1.54, 1.807) is 13.3 Å². The average molecular weight is 415 g/mol. The van der Waals surface area contributed by atoms with E-state index in [0.29, 0.717) is 24.1 Å². The second kappa shape index (κ2) is 13.4. The molecule has 0 aliphatic heterocycles. The number of ether oxygens (including phenoxy) is 2. The standard InChI is InChI=1S/C23H34N4O3/c1-4-6-18(13-14-28)15-26-23(24-5-2)27-17-19-7-12-22(25-16-19)30-21-10-8-20(29-3)9-11-21/h7-12,16,18,28H,4-6,13-15,17H2,1-3H3,(H2,24,26,27). The maximum absolute atomic E-state index is 9.23. The van der Waals surface area contributed by atoms with Crippen LogP contribution in [-0.2, 0) is 6.54 Å². The summed E-state index contributed by atoms with van der Waals surface area (Å²) in [5, 5.41) is 15.9. The zero-order valence-corrected chi connectivity index (χ0v) is 18.2. The molecule has 0 saturated carbocycles. The third-order valence-corrected chi connectivity index (χ3v) is 4.64. The second-order valence-electron chi connectivity index (χ2n) is 7.03. The highest BCUT2D eigenvalue weighted by Gasteiger charge is 2.08. The first-order valence-electron chi connectivity index (χ1n) is 10.6. The lowest BCUT2D eigenvalue weighted by atomic mass is 10.0. The van der Waals surface area contributed by atoms with Gasteiger partial charge >= 0.3 is 0 Å². The van der Waals surface area contributed by atoms with Crippen molar-refractivity contribution in [1.82, 2.24) is 15.6 Å². The molecular formula is C23H34N4O3. The first kappa shape index (κ1) is 23.5. The van der Waals surface area contributed by atoms with E-state index in [4.69, 9.17) is 9.47 Å². The summed E-state index contributed by atoms with van der Waals surface area (Å²) in [5.41, 5.74) is 0.995. The van der Waals surface area contributed by atoms with Crippen molar-refractivity contribution in [2.45, 2.75) is 39.7 Å². The van der Waals surface area contributed by atoms with Gasteiger partial charge in [0.2, 0.25) is 5.88 Å². The fourth-order valence-electron chi connectivity index (χ4n) is 3.02. The predicted octanol–water partition coefficient (Wildman–Crippen LogP) is 3.74. The Bertz CT molecular complexity index is 742. The maximum atomic E-state index is 9.23. The van der Waals surface area contributed by atoms with Gasteiger partial charge in [0.15, 0.2) is 5.96 Å². The number of nitrogens with zero attached hydrogens (tertiary/aromatic N) is 2. The summed E-state index contributed by atoms with van der Waals surface area (Å²) >= 11 is 0. The number of hydrogen-bond donors (Lipinski definition) is 3. The largest absolute Gasteiger partial charge is 0.497 e. The normalized spacial score (nSPS) is 12.3. The number of aliphatic hydroxyl groups excluding tert-OH is 1. The lowest BCUT2D eigenvalue weighted by Gasteiger charge is -2.18. The van der Waals surface area contributed by atoms with Gasteiger partial charge in [-0.15, -0.1) is 0 Å². The number of methoxy groups -OCH3 is 1. The Morgan fingerprint density at radius 1 is 1.07 bits per heavy atom. The second-order valence-corrected chi connectivity index (χ2v) is 7.03. The van der Waals surface area contributed by atoms with E-state index >= 15 is 0 Å². The van der Waals surface area contributed by atoms with Crippen molar-refractivity contribution >= 4 is 5.96 Å². The lowest BCUT2D eigenvalue weighted by molar-refractivity contribution is 0.251. The summed E-state index contributed by atoms with van der Waals surface area (Å²) in [6.07, 6.45) is 4.78. The molecule has 7 nitrogen and oxygen atoms in total. The van der Waals surface area contributed by atoms with Crippen molar-refractivity contribution < 1.29 is 14.6 Å². The molecule has 2 aromatic rings. The van der Waals surface area contributed by atoms with Gasteiger partial charge in [0.05, 0.1) is 13.7 Å².